The Kier molecular flexibility index (Phi) is 8.81. The van der Waals surface area contributed by atoms with Gasteiger partial charge in [0.2, 0.25) is 0 Å². The van der Waals surface area contributed by atoms with Crippen LogP contribution in [-0.4, -0.2) is 36.6 Å². The standard InChI is InChI=1S/C24H34O4/c1-4-13-24(18-19(2)3,20-5-9-22(10-6-20)27-16-14-25)21-7-11-23(12-8-21)28-17-15-26/h5-12,19,25-26H,4,13-18H2,1-3H3. The van der Waals surface area contributed by atoms with Crippen molar-refractivity contribution in [3.63, 3.8) is 0 Å². The summed E-state index contributed by atoms with van der Waals surface area (Å²) in [7, 11) is 0. The number of hydrogen-bond acceptors (Lipinski definition) is 4. The predicted octanol–water partition coefficient (Wildman–Crippen LogP) is 4.56. The van der Waals surface area contributed by atoms with Crippen LogP contribution in [-0.2, 0) is 5.41 Å². The van der Waals surface area contributed by atoms with Crippen molar-refractivity contribution in [3.8, 4) is 11.5 Å². The number of rotatable bonds is 12. The molecule has 0 aromatic heterocycles. The maximum atomic E-state index is 8.96. The van der Waals surface area contributed by atoms with E-state index in [1.807, 2.05) is 24.3 Å². The van der Waals surface area contributed by atoms with E-state index in [-0.39, 0.29) is 18.6 Å². The molecule has 0 amide bonds. The number of aliphatic hydroxyl groups is 2. The smallest absolute Gasteiger partial charge is 0.119 e. The zero-order valence-corrected chi connectivity index (χ0v) is 17.4. The van der Waals surface area contributed by atoms with Crippen molar-refractivity contribution in [2.75, 3.05) is 26.4 Å². The highest BCUT2D eigenvalue weighted by atomic mass is 16.5. The maximum Gasteiger partial charge on any atom is 0.119 e. The molecule has 0 aliphatic heterocycles. The van der Waals surface area contributed by atoms with Crippen molar-refractivity contribution < 1.29 is 19.7 Å². The molecule has 0 aliphatic rings. The number of ether oxygens (including phenoxy) is 2. The lowest BCUT2D eigenvalue weighted by molar-refractivity contribution is 0.201. The summed E-state index contributed by atoms with van der Waals surface area (Å²) in [6, 6.07) is 16.6. The first-order valence-corrected chi connectivity index (χ1v) is 10.2. The number of aliphatic hydroxyl groups excluding tert-OH is 2. The monoisotopic (exact) mass is 386 g/mol. The second-order valence-corrected chi connectivity index (χ2v) is 7.62. The first-order chi connectivity index (χ1) is 13.6. The number of benzene rings is 2. The molecule has 2 aromatic rings. The van der Waals surface area contributed by atoms with Gasteiger partial charge in [-0.05, 0) is 54.2 Å². The van der Waals surface area contributed by atoms with E-state index in [0.29, 0.717) is 19.1 Å². The molecule has 0 atom stereocenters. The molecule has 4 heteroatoms. The third-order valence-corrected chi connectivity index (χ3v) is 4.97. The fourth-order valence-electron chi connectivity index (χ4n) is 3.98. The Hall–Kier alpha value is -2.04. The molecular weight excluding hydrogens is 352 g/mol. The molecular formula is C24H34O4. The van der Waals surface area contributed by atoms with E-state index >= 15 is 0 Å². The highest BCUT2D eigenvalue weighted by Gasteiger charge is 2.34. The molecule has 0 fully saturated rings. The molecule has 2 aromatic carbocycles. The predicted molar refractivity (Wildman–Crippen MR) is 113 cm³/mol. The van der Waals surface area contributed by atoms with Crippen LogP contribution in [0.5, 0.6) is 11.5 Å². The summed E-state index contributed by atoms with van der Waals surface area (Å²) in [5, 5.41) is 17.9. The molecule has 0 spiro atoms. The topological polar surface area (TPSA) is 58.9 Å². The third-order valence-electron chi connectivity index (χ3n) is 4.97. The van der Waals surface area contributed by atoms with Crippen molar-refractivity contribution in [1.82, 2.24) is 0 Å². The Labute approximate surface area is 169 Å². The lowest BCUT2D eigenvalue weighted by atomic mass is 9.67. The Morgan fingerprint density at radius 2 is 1.21 bits per heavy atom. The first kappa shape index (κ1) is 22.3. The largest absolute Gasteiger partial charge is 0.491 e. The molecule has 0 unspecified atom stereocenters. The normalized spacial score (nSPS) is 11.6. The Bertz CT molecular complexity index is 625. The van der Waals surface area contributed by atoms with Gasteiger partial charge in [-0.2, -0.15) is 0 Å². The fourth-order valence-corrected chi connectivity index (χ4v) is 3.98. The van der Waals surface area contributed by atoms with Gasteiger partial charge in [-0.1, -0.05) is 51.5 Å². The van der Waals surface area contributed by atoms with Gasteiger partial charge in [0.15, 0.2) is 0 Å². The van der Waals surface area contributed by atoms with Crippen LogP contribution in [0.1, 0.15) is 51.2 Å². The van der Waals surface area contributed by atoms with Crippen molar-refractivity contribution in [2.45, 2.75) is 45.4 Å². The zero-order valence-electron chi connectivity index (χ0n) is 17.4. The minimum atomic E-state index is -0.0755. The maximum absolute atomic E-state index is 8.96. The summed E-state index contributed by atoms with van der Waals surface area (Å²) >= 11 is 0. The average molecular weight is 387 g/mol. The summed E-state index contributed by atoms with van der Waals surface area (Å²) in [5.41, 5.74) is 2.49. The molecule has 0 heterocycles. The van der Waals surface area contributed by atoms with Crippen molar-refractivity contribution in [2.24, 2.45) is 5.92 Å². The van der Waals surface area contributed by atoms with Crippen LogP contribution in [0.25, 0.3) is 0 Å². The van der Waals surface area contributed by atoms with Gasteiger partial charge in [0.05, 0.1) is 13.2 Å². The van der Waals surface area contributed by atoms with E-state index in [4.69, 9.17) is 19.7 Å². The van der Waals surface area contributed by atoms with E-state index in [1.165, 1.54) is 11.1 Å². The summed E-state index contributed by atoms with van der Waals surface area (Å²) in [6.07, 6.45) is 3.19. The minimum absolute atomic E-state index is 0.0135. The van der Waals surface area contributed by atoms with Crippen LogP contribution >= 0.6 is 0 Å². The molecule has 28 heavy (non-hydrogen) atoms. The van der Waals surface area contributed by atoms with Crippen molar-refractivity contribution in [1.29, 1.82) is 0 Å². The summed E-state index contributed by atoms with van der Waals surface area (Å²) < 4.78 is 11.1. The SMILES string of the molecule is CCCC(CC(C)C)(c1ccc(OCCO)cc1)c1ccc(OCCO)cc1. The molecule has 0 radical (unpaired) electrons. The Morgan fingerprint density at radius 3 is 1.54 bits per heavy atom. The molecule has 2 rings (SSSR count). The van der Waals surface area contributed by atoms with Crippen LogP contribution in [0.15, 0.2) is 48.5 Å². The van der Waals surface area contributed by atoms with E-state index < -0.39 is 0 Å². The molecule has 0 bridgehead atoms. The van der Waals surface area contributed by atoms with E-state index in [1.54, 1.807) is 0 Å². The first-order valence-electron chi connectivity index (χ1n) is 10.2. The van der Waals surface area contributed by atoms with Gasteiger partial charge < -0.3 is 19.7 Å². The van der Waals surface area contributed by atoms with Gasteiger partial charge in [-0.15, -0.1) is 0 Å². The number of hydrogen-bond donors (Lipinski definition) is 2. The van der Waals surface area contributed by atoms with E-state index in [9.17, 15) is 0 Å². The molecule has 0 aliphatic carbocycles. The lowest BCUT2D eigenvalue weighted by Gasteiger charge is -2.37. The van der Waals surface area contributed by atoms with Gasteiger partial charge >= 0.3 is 0 Å². The van der Waals surface area contributed by atoms with Gasteiger partial charge in [0.25, 0.3) is 0 Å². The average Bonchev–Trinajstić information content (AvgIpc) is 2.70. The second-order valence-electron chi connectivity index (χ2n) is 7.62. The molecule has 4 nitrogen and oxygen atoms in total. The Balaban J connectivity index is 2.41. The molecule has 154 valence electrons. The van der Waals surface area contributed by atoms with Gasteiger partial charge in [0, 0.05) is 5.41 Å². The van der Waals surface area contributed by atoms with Crippen LogP contribution < -0.4 is 9.47 Å². The van der Waals surface area contributed by atoms with Crippen LogP contribution in [0.2, 0.25) is 0 Å². The lowest BCUT2D eigenvalue weighted by Crippen LogP contribution is -2.29. The van der Waals surface area contributed by atoms with Gasteiger partial charge in [-0.25, -0.2) is 0 Å². The molecule has 0 saturated carbocycles. The minimum Gasteiger partial charge on any atom is -0.491 e. The van der Waals surface area contributed by atoms with E-state index in [0.717, 1.165) is 30.8 Å². The van der Waals surface area contributed by atoms with Crippen molar-refractivity contribution >= 4 is 0 Å². The van der Waals surface area contributed by atoms with Crippen LogP contribution in [0, 0.1) is 5.92 Å². The highest BCUT2D eigenvalue weighted by molar-refractivity contribution is 5.43. The Morgan fingerprint density at radius 1 is 0.786 bits per heavy atom. The van der Waals surface area contributed by atoms with E-state index in [2.05, 4.69) is 45.0 Å². The summed E-state index contributed by atoms with van der Waals surface area (Å²) in [6.45, 7) is 7.40. The zero-order chi connectivity index (χ0) is 20.4. The molecule has 2 N–H and O–H groups in total. The fraction of sp³-hybridized carbons (Fsp3) is 0.500. The highest BCUT2D eigenvalue weighted by Crippen LogP contribution is 2.43. The summed E-state index contributed by atoms with van der Waals surface area (Å²) in [5.74, 6) is 2.10. The third kappa shape index (κ3) is 5.73. The van der Waals surface area contributed by atoms with Crippen molar-refractivity contribution in [3.05, 3.63) is 59.7 Å². The van der Waals surface area contributed by atoms with Crippen LogP contribution in [0.3, 0.4) is 0 Å². The van der Waals surface area contributed by atoms with Gasteiger partial charge in [-0.3, -0.25) is 0 Å². The van der Waals surface area contributed by atoms with Gasteiger partial charge in [0.1, 0.15) is 24.7 Å². The summed E-state index contributed by atoms with van der Waals surface area (Å²) in [4.78, 5) is 0. The van der Waals surface area contributed by atoms with Crippen LogP contribution in [0.4, 0.5) is 0 Å². The second kappa shape index (κ2) is 11.1. The molecule has 0 saturated heterocycles. The quantitative estimate of drug-likeness (QED) is 0.561.